The fourth-order valence-corrected chi connectivity index (χ4v) is 3.59. The molecule has 146 valence electrons. The lowest BCUT2D eigenvalue weighted by Crippen LogP contribution is -2.65. The largest absolute Gasteiger partial charge is 0.464 e. The normalized spacial score (nSPS) is 23.0. The second kappa shape index (κ2) is 7.63. The molecule has 0 amide bonds. The molecule has 1 aliphatic carbocycles. The molecule has 0 fully saturated rings. The van der Waals surface area contributed by atoms with Gasteiger partial charge in [-0.15, -0.1) is 0 Å². The number of nitriles is 2. The molecule has 0 radical (unpaired) electrons. The average Bonchev–Trinajstić information content (AvgIpc) is 2.98. The van der Waals surface area contributed by atoms with Gasteiger partial charge in [0.15, 0.2) is 5.90 Å². The summed E-state index contributed by atoms with van der Waals surface area (Å²) in [6, 6.07) is 3.18. The van der Waals surface area contributed by atoms with Crippen LogP contribution in [0.25, 0.3) is 0 Å². The summed E-state index contributed by atoms with van der Waals surface area (Å²) >= 11 is 12.3. The Morgan fingerprint density at radius 2 is 1.68 bits per heavy atom. The average molecular weight is 426 g/mol. The Morgan fingerprint density at radius 1 is 1.14 bits per heavy atom. The second-order valence-corrected chi connectivity index (χ2v) is 6.25. The van der Waals surface area contributed by atoms with Crippen molar-refractivity contribution in [3.63, 3.8) is 0 Å². The van der Waals surface area contributed by atoms with Crippen molar-refractivity contribution in [2.75, 3.05) is 13.2 Å². The van der Waals surface area contributed by atoms with Crippen LogP contribution in [0.4, 0.5) is 0 Å². The van der Waals surface area contributed by atoms with Gasteiger partial charge in [0.2, 0.25) is 11.4 Å². The van der Waals surface area contributed by atoms with E-state index >= 15 is 0 Å². The van der Waals surface area contributed by atoms with Gasteiger partial charge in [-0.25, -0.2) is 14.6 Å². The molecule has 9 nitrogen and oxygen atoms in total. The SMILES string of the molecule is CCOC(=O)C1(C(=O)OCC)N=C(C)OC12C(Cl)=C(Cl)C(=O)C(C#N)=C2C#N. The summed E-state index contributed by atoms with van der Waals surface area (Å²) < 4.78 is 15.6. The Morgan fingerprint density at radius 3 is 2.11 bits per heavy atom. The number of allylic oxidation sites excluding steroid dienone is 2. The fourth-order valence-electron chi connectivity index (χ4n) is 3.01. The van der Waals surface area contributed by atoms with Crippen LogP contribution in [0.15, 0.2) is 26.2 Å². The minimum absolute atomic E-state index is 0.157. The van der Waals surface area contributed by atoms with Gasteiger partial charge < -0.3 is 14.2 Å². The first-order valence-corrected chi connectivity index (χ1v) is 8.70. The maximum atomic E-state index is 13.0. The van der Waals surface area contributed by atoms with Crippen molar-refractivity contribution in [2.45, 2.75) is 31.9 Å². The number of carbonyl (C=O) groups is 3. The van der Waals surface area contributed by atoms with E-state index in [2.05, 4.69) is 4.99 Å². The van der Waals surface area contributed by atoms with Crippen molar-refractivity contribution in [1.82, 2.24) is 0 Å². The maximum absolute atomic E-state index is 13.0. The Balaban J connectivity index is 3.03. The van der Waals surface area contributed by atoms with E-state index in [0.29, 0.717) is 0 Å². The molecular formula is C17H13Cl2N3O6. The summed E-state index contributed by atoms with van der Waals surface area (Å²) in [7, 11) is 0. The standard InChI is InChI=1S/C17H13Cl2N3O6/c1-4-26-14(24)16(15(25)27-5-2)17(28-8(3)22-16)10(7-21)9(6-20)12(23)11(18)13(17)19/h4-5H2,1-3H3. The van der Waals surface area contributed by atoms with Crippen molar-refractivity contribution < 1.29 is 28.6 Å². The molecule has 0 bridgehead atoms. The number of nitrogens with zero attached hydrogens (tertiary/aromatic N) is 3. The van der Waals surface area contributed by atoms with Gasteiger partial charge in [0.25, 0.3) is 0 Å². The van der Waals surface area contributed by atoms with Gasteiger partial charge >= 0.3 is 17.5 Å². The first-order chi connectivity index (χ1) is 13.2. The van der Waals surface area contributed by atoms with Crippen LogP contribution in [0.5, 0.6) is 0 Å². The third-order valence-corrected chi connectivity index (χ3v) is 4.94. The van der Waals surface area contributed by atoms with Crippen LogP contribution < -0.4 is 0 Å². The molecule has 1 aliphatic heterocycles. The molecule has 1 atom stereocenters. The molecule has 0 saturated heterocycles. The van der Waals surface area contributed by atoms with Gasteiger partial charge in [-0.2, -0.15) is 10.5 Å². The second-order valence-electron chi connectivity index (χ2n) is 5.50. The van der Waals surface area contributed by atoms with Gasteiger partial charge in [0.1, 0.15) is 28.3 Å². The Labute approximate surface area is 169 Å². The maximum Gasteiger partial charge on any atom is 0.351 e. The number of ketones is 1. The first-order valence-electron chi connectivity index (χ1n) is 7.94. The first kappa shape index (κ1) is 21.4. The monoisotopic (exact) mass is 425 g/mol. The number of hydrogen-bond acceptors (Lipinski definition) is 9. The van der Waals surface area contributed by atoms with Gasteiger partial charge in [-0.1, -0.05) is 23.2 Å². The number of carbonyl (C=O) groups excluding carboxylic acids is 3. The summed E-state index contributed by atoms with van der Waals surface area (Å²) in [6.07, 6.45) is 0. The fraction of sp³-hybridized carbons (Fsp3) is 0.412. The van der Waals surface area contributed by atoms with Crippen molar-refractivity contribution in [2.24, 2.45) is 4.99 Å². The van der Waals surface area contributed by atoms with E-state index in [1.54, 1.807) is 12.1 Å². The van der Waals surface area contributed by atoms with Crippen LogP contribution in [-0.4, -0.2) is 48.0 Å². The predicted octanol–water partition coefficient (Wildman–Crippen LogP) is 1.65. The van der Waals surface area contributed by atoms with Crippen LogP contribution in [-0.2, 0) is 28.6 Å². The van der Waals surface area contributed by atoms with E-state index in [4.69, 9.17) is 37.4 Å². The lowest BCUT2D eigenvalue weighted by molar-refractivity contribution is -0.169. The topological polar surface area (TPSA) is 139 Å². The number of aliphatic imine (C=N–C) groups is 1. The predicted molar refractivity (Wildman–Crippen MR) is 94.9 cm³/mol. The number of halogens is 2. The van der Waals surface area contributed by atoms with Crippen molar-refractivity contribution in [1.29, 1.82) is 10.5 Å². The number of hydrogen-bond donors (Lipinski definition) is 0. The molecule has 0 aromatic rings. The van der Waals surface area contributed by atoms with Crippen molar-refractivity contribution in [3.05, 3.63) is 21.2 Å². The number of esters is 2. The molecule has 1 heterocycles. The molecule has 0 aromatic carbocycles. The van der Waals surface area contributed by atoms with E-state index in [0.717, 1.165) is 0 Å². The molecule has 28 heavy (non-hydrogen) atoms. The van der Waals surface area contributed by atoms with Crippen LogP contribution in [0.3, 0.4) is 0 Å². The highest BCUT2D eigenvalue weighted by Crippen LogP contribution is 2.54. The highest BCUT2D eigenvalue weighted by Gasteiger charge is 2.75. The van der Waals surface area contributed by atoms with E-state index in [1.165, 1.54) is 20.8 Å². The Kier molecular flexibility index (Phi) is 5.83. The highest BCUT2D eigenvalue weighted by atomic mass is 35.5. The summed E-state index contributed by atoms with van der Waals surface area (Å²) in [5.41, 5.74) is -6.62. The third-order valence-electron chi connectivity index (χ3n) is 4.03. The van der Waals surface area contributed by atoms with Gasteiger partial charge in [0.05, 0.1) is 18.2 Å². The zero-order valence-electron chi connectivity index (χ0n) is 15.0. The van der Waals surface area contributed by atoms with Gasteiger partial charge in [-0.3, -0.25) is 4.79 Å². The van der Waals surface area contributed by atoms with Crippen LogP contribution in [0.2, 0.25) is 0 Å². The van der Waals surface area contributed by atoms with Gasteiger partial charge in [-0.05, 0) is 13.8 Å². The van der Waals surface area contributed by atoms with Gasteiger partial charge in [0, 0.05) is 6.92 Å². The molecule has 1 unspecified atom stereocenters. The van der Waals surface area contributed by atoms with Crippen LogP contribution >= 0.6 is 23.2 Å². The molecule has 0 saturated carbocycles. The van der Waals surface area contributed by atoms with E-state index < -0.39 is 50.1 Å². The summed E-state index contributed by atoms with van der Waals surface area (Å²) in [5.74, 6) is -3.77. The minimum atomic E-state index is -2.67. The summed E-state index contributed by atoms with van der Waals surface area (Å²) in [4.78, 5) is 42.2. The zero-order valence-corrected chi connectivity index (χ0v) is 16.5. The van der Waals surface area contributed by atoms with E-state index in [9.17, 15) is 24.9 Å². The Hall–Kier alpha value is -2.88. The third kappa shape index (κ3) is 2.59. The molecule has 11 heteroatoms. The minimum Gasteiger partial charge on any atom is -0.464 e. The summed E-state index contributed by atoms with van der Waals surface area (Å²) in [5, 5.41) is 17.8. The number of Topliss-reactive ketones (excluding diaryl/α,β-unsaturated/α-hetero) is 1. The molecule has 2 aliphatic rings. The lowest BCUT2D eigenvalue weighted by Gasteiger charge is -2.40. The molecular weight excluding hydrogens is 413 g/mol. The number of ether oxygens (including phenoxy) is 3. The molecule has 0 aromatic heterocycles. The van der Waals surface area contributed by atoms with Crippen molar-refractivity contribution >= 4 is 46.8 Å². The van der Waals surface area contributed by atoms with Crippen molar-refractivity contribution in [3.8, 4) is 12.1 Å². The molecule has 0 N–H and O–H groups in total. The molecule has 2 rings (SSSR count). The van der Waals surface area contributed by atoms with E-state index in [-0.39, 0.29) is 19.1 Å². The highest BCUT2D eigenvalue weighted by molar-refractivity contribution is 6.52. The van der Waals surface area contributed by atoms with Crippen LogP contribution in [0, 0.1) is 22.7 Å². The summed E-state index contributed by atoms with van der Waals surface area (Å²) in [6.45, 7) is 3.93. The lowest BCUT2D eigenvalue weighted by atomic mass is 9.70. The Bertz CT molecular complexity index is 935. The molecule has 1 spiro atoms. The smallest absolute Gasteiger partial charge is 0.351 e. The van der Waals surface area contributed by atoms with E-state index in [1.807, 2.05) is 0 Å². The quantitative estimate of drug-likeness (QED) is 0.489. The zero-order chi connectivity index (χ0) is 21.3. The van der Waals surface area contributed by atoms with Crippen LogP contribution in [0.1, 0.15) is 20.8 Å². The number of rotatable bonds is 4.